The van der Waals surface area contributed by atoms with Gasteiger partial charge in [0, 0.05) is 18.2 Å². The minimum atomic E-state index is -0.765. The number of hydrogen-bond donors (Lipinski definition) is 2. The topological polar surface area (TPSA) is 49.3 Å². The largest absolute Gasteiger partial charge is 0.388 e. The molecule has 0 saturated heterocycles. The maximum absolute atomic E-state index is 13.4. The maximum Gasteiger partial charge on any atom is 0.244 e. The molecule has 1 aromatic rings. The minimum absolute atomic E-state index is 0.182. The van der Waals surface area contributed by atoms with E-state index in [2.05, 4.69) is 5.32 Å². The van der Waals surface area contributed by atoms with Crippen molar-refractivity contribution in [2.24, 2.45) is 0 Å². The zero-order chi connectivity index (χ0) is 13.9. The molecule has 0 aliphatic heterocycles. The van der Waals surface area contributed by atoms with Gasteiger partial charge in [-0.05, 0) is 37.5 Å². The van der Waals surface area contributed by atoms with Crippen LogP contribution in [0, 0.1) is 5.82 Å². The molecule has 1 amide bonds. The summed E-state index contributed by atoms with van der Waals surface area (Å²) in [5.41, 5.74) is -0.583. The van der Waals surface area contributed by atoms with Crippen LogP contribution in [-0.2, 0) is 4.79 Å². The third-order valence-corrected chi connectivity index (χ3v) is 3.61. The molecule has 102 valence electrons. The second kappa shape index (κ2) is 5.72. The molecular formula is C14H15ClFNO2. The van der Waals surface area contributed by atoms with E-state index in [1.54, 1.807) is 6.07 Å². The lowest BCUT2D eigenvalue weighted by atomic mass is 9.80. The summed E-state index contributed by atoms with van der Waals surface area (Å²) >= 11 is 5.83. The Bertz CT molecular complexity index is 492. The van der Waals surface area contributed by atoms with E-state index < -0.39 is 11.4 Å². The number of benzene rings is 1. The van der Waals surface area contributed by atoms with Crippen LogP contribution in [0.1, 0.15) is 24.8 Å². The van der Waals surface area contributed by atoms with Crippen LogP contribution in [0.3, 0.4) is 0 Å². The Hall–Kier alpha value is -1.39. The van der Waals surface area contributed by atoms with Gasteiger partial charge in [0.2, 0.25) is 5.91 Å². The van der Waals surface area contributed by atoms with Gasteiger partial charge >= 0.3 is 0 Å². The Balaban J connectivity index is 1.93. The van der Waals surface area contributed by atoms with Crippen molar-refractivity contribution in [2.45, 2.75) is 24.9 Å². The molecule has 1 aliphatic carbocycles. The molecule has 0 unspecified atom stereocenters. The molecule has 0 aromatic heterocycles. The molecule has 1 fully saturated rings. The molecule has 19 heavy (non-hydrogen) atoms. The Kier molecular flexibility index (Phi) is 4.22. The highest BCUT2D eigenvalue weighted by molar-refractivity contribution is 6.32. The second-order valence-electron chi connectivity index (χ2n) is 4.76. The van der Waals surface area contributed by atoms with Crippen LogP contribution in [0.25, 0.3) is 6.08 Å². The normalized spacial score (nSPS) is 17.2. The molecule has 1 aromatic carbocycles. The molecule has 0 spiro atoms. The van der Waals surface area contributed by atoms with Gasteiger partial charge in [0.15, 0.2) is 0 Å². The first-order valence-corrected chi connectivity index (χ1v) is 6.50. The first kappa shape index (κ1) is 14.0. The number of carbonyl (C=O) groups excluding carboxylic acids is 1. The number of aliphatic hydroxyl groups is 1. The fourth-order valence-corrected chi connectivity index (χ4v) is 2.13. The van der Waals surface area contributed by atoms with Crippen LogP contribution < -0.4 is 5.32 Å². The van der Waals surface area contributed by atoms with E-state index in [9.17, 15) is 14.3 Å². The predicted molar refractivity (Wildman–Crippen MR) is 72.3 cm³/mol. The molecule has 3 nitrogen and oxygen atoms in total. The van der Waals surface area contributed by atoms with E-state index in [1.807, 2.05) is 0 Å². The summed E-state index contributed by atoms with van der Waals surface area (Å²) in [7, 11) is 0. The van der Waals surface area contributed by atoms with Gasteiger partial charge in [0.05, 0.1) is 10.6 Å². The first-order chi connectivity index (χ1) is 9.00. The van der Waals surface area contributed by atoms with Crippen molar-refractivity contribution in [3.05, 3.63) is 40.7 Å². The lowest BCUT2D eigenvalue weighted by Crippen LogP contribution is -2.47. The van der Waals surface area contributed by atoms with Crippen molar-refractivity contribution in [3.8, 4) is 0 Å². The number of hydrogen-bond acceptors (Lipinski definition) is 2. The Labute approximate surface area is 116 Å². The monoisotopic (exact) mass is 283 g/mol. The zero-order valence-corrected chi connectivity index (χ0v) is 11.1. The molecule has 2 rings (SSSR count). The maximum atomic E-state index is 13.4. The van der Waals surface area contributed by atoms with Crippen LogP contribution in [0.5, 0.6) is 0 Å². The van der Waals surface area contributed by atoms with Gasteiger partial charge in [-0.1, -0.05) is 17.7 Å². The SMILES string of the molecule is O=C(/C=C/c1c(F)cccc1Cl)NCC1(O)CCC1. The molecule has 0 radical (unpaired) electrons. The van der Waals surface area contributed by atoms with Gasteiger partial charge in [0.25, 0.3) is 0 Å². The number of rotatable bonds is 4. The lowest BCUT2D eigenvalue weighted by Gasteiger charge is -2.36. The van der Waals surface area contributed by atoms with Crippen molar-refractivity contribution in [2.75, 3.05) is 6.54 Å². The Morgan fingerprint density at radius 3 is 2.84 bits per heavy atom. The molecule has 1 saturated carbocycles. The zero-order valence-electron chi connectivity index (χ0n) is 10.3. The summed E-state index contributed by atoms with van der Waals surface area (Å²) in [6, 6.07) is 4.33. The highest BCUT2D eigenvalue weighted by atomic mass is 35.5. The predicted octanol–water partition coefficient (Wildman–Crippen LogP) is 2.52. The molecule has 0 atom stereocenters. The van der Waals surface area contributed by atoms with Gasteiger partial charge in [-0.3, -0.25) is 4.79 Å². The van der Waals surface area contributed by atoms with Crippen LogP contribution in [-0.4, -0.2) is 23.2 Å². The van der Waals surface area contributed by atoms with Crippen molar-refractivity contribution in [3.63, 3.8) is 0 Å². The summed E-state index contributed by atoms with van der Waals surface area (Å²) in [6.45, 7) is 0.223. The van der Waals surface area contributed by atoms with Gasteiger partial charge in [-0.25, -0.2) is 4.39 Å². The van der Waals surface area contributed by atoms with E-state index >= 15 is 0 Å². The number of nitrogens with one attached hydrogen (secondary N) is 1. The van der Waals surface area contributed by atoms with Gasteiger partial charge in [-0.2, -0.15) is 0 Å². The molecule has 2 N–H and O–H groups in total. The average molecular weight is 284 g/mol. The first-order valence-electron chi connectivity index (χ1n) is 6.12. The highest BCUT2D eigenvalue weighted by Gasteiger charge is 2.34. The standard InChI is InChI=1S/C14H15ClFNO2/c15-11-3-1-4-12(16)10(11)5-6-13(18)17-9-14(19)7-2-8-14/h1,3-6,19H,2,7-9H2,(H,17,18)/b6-5+. The smallest absolute Gasteiger partial charge is 0.244 e. The van der Waals surface area contributed by atoms with Crippen LogP contribution in [0.15, 0.2) is 24.3 Å². The molecular weight excluding hydrogens is 269 g/mol. The Morgan fingerprint density at radius 2 is 2.26 bits per heavy atom. The lowest BCUT2D eigenvalue weighted by molar-refractivity contribution is -0.118. The van der Waals surface area contributed by atoms with E-state index in [1.165, 1.54) is 24.3 Å². The fourth-order valence-electron chi connectivity index (χ4n) is 1.90. The molecule has 5 heteroatoms. The van der Waals surface area contributed by atoms with Gasteiger partial charge in [-0.15, -0.1) is 0 Å². The van der Waals surface area contributed by atoms with Crippen molar-refractivity contribution in [1.29, 1.82) is 0 Å². The van der Waals surface area contributed by atoms with Crippen LogP contribution in [0.2, 0.25) is 5.02 Å². The van der Waals surface area contributed by atoms with E-state index in [0.29, 0.717) is 12.8 Å². The van der Waals surface area contributed by atoms with E-state index in [4.69, 9.17) is 11.6 Å². The summed E-state index contributed by atoms with van der Waals surface area (Å²) in [4.78, 5) is 11.6. The molecule has 0 bridgehead atoms. The average Bonchev–Trinajstić information content (AvgIpc) is 2.33. The van der Waals surface area contributed by atoms with E-state index in [-0.39, 0.29) is 23.0 Å². The van der Waals surface area contributed by atoms with Gasteiger partial charge in [0.1, 0.15) is 5.82 Å². The highest BCUT2D eigenvalue weighted by Crippen LogP contribution is 2.30. The quantitative estimate of drug-likeness (QED) is 0.834. The number of amides is 1. The van der Waals surface area contributed by atoms with E-state index in [0.717, 1.165) is 6.42 Å². The summed E-state index contributed by atoms with van der Waals surface area (Å²) in [5.74, 6) is -0.853. The summed E-state index contributed by atoms with van der Waals surface area (Å²) in [6.07, 6.45) is 4.93. The summed E-state index contributed by atoms with van der Waals surface area (Å²) in [5, 5.41) is 12.7. The van der Waals surface area contributed by atoms with Crippen molar-refractivity contribution >= 4 is 23.6 Å². The van der Waals surface area contributed by atoms with Crippen LogP contribution in [0.4, 0.5) is 4.39 Å². The Morgan fingerprint density at radius 1 is 1.53 bits per heavy atom. The third kappa shape index (κ3) is 3.55. The molecule has 1 aliphatic rings. The fraction of sp³-hybridized carbons (Fsp3) is 0.357. The van der Waals surface area contributed by atoms with Crippen molar-refractivity contribution < 1.29 is 14.3 Å². The second-order valence-corrected chi connectivity index (χ2v) is 5.17. The van der Waals surface area contributed by atoms with Crippen molar-refractivity contribution in [1.82, 2.24) is 5.32 Å². The third-order valence-electron chi connectivity index (χ3n) is 3.28. The van der Waals surface area contributed by atoms with Gasteiger partial charge < -0.3 is 10.4 Å². The number of halogens is 2. The summed E-state index contributed by atoms with van der Waals surface area (Å²) < 4.78 is 13.4. The van der Waals surface area contributed by atoms with Crippen LogP contribution >= 0.6 is 11.6 Å². The molecule has 0 heterocycles. The number of carbonyl (C=O) groups is 1. The minimum Gasteiger partial charge on any atom is -0.388 e.